The zero-order valence-electron chi connectivity index (χ0n) is 8.91. The van der Waals surface area contributed by atoms with Crippen molar-refractivity contribution in [3.8, 4) is 0 Å². The monoisotopic (exact) mass is 244 g/mol. The molecule has 1 aliphatic heterocycles. The van der Waals surface area contributed by atoms with Crippen molar-refractivity contribution in [3.05, 3.63) is 24.0 Å². The number of hydrogen-bond donors (Lipinski definition) is 1. The van der Waals surface area contributed by atoms with Crippen LogP contribution in [0.1, 0.15) is 6.42 Å². The van der Waals surface area contributed by atoms with Crippen LogP contribution in [0.4, 0.5) is 24.8 Å². The molecule has 0 aromatic carbocycles. The molecule has 0 aliphatic carbocycles. The molecule has 2 N–H and O–H groups in total. The molecule has 4 nitrogen and oxygen atoms in total. The zero-order valence-corrected chi connectivity index (χ0v) is 8.91. The minimum atomic E-state index is -4.23. The SMILES string of the molecule is Nc1cc(N2CC=C(C(F)(F)F)CC2)ncn1. The molecule has 1 aromatic heterocycles. The summed E-state index contributed by atoms with van der Waals surface area (Å²) in [5, 5.41) is 0. The van der Waals surface area contributed by atoms with Gasteiger partial charge in [0.1, 0.15) is 18.0 Å². The molecule has 0 fully saturated rings. The van der Waals surface area contributed by atoms with Gasteiger partial charge in [-0.1, -0.05) is 6.08 Å². The van der Waals surface area contributed by atoms with Gasteiger partial charge in [-0.2, -0.15) is 13.2 Å². The minimum absolute atomic E-state index is 0.0343. The first-order chi connectivity index (χ1) is 7.97. The van der Waals surface area contributed by atoms with Gasteiger partial charge in [-0.25, -0.2) is 9.97 Å². The lowest BCUT2D eigenvalue weighted by Crippen LogP contribution is -2.32. The maximum Gasteiger partial charge on any atom is 0.412 e. The molecule has 92 valence electrons. The number of hydrogen-bond acceptors (Lipinski definition) is 4. The van der Waals surface area contributed by atoms with E-state index in [1.807, 2.05) is 0 Å². The molecule has 0 atom stereocenters. The summed E-state index contributed by atoms with van der Waals surface area (Å²) in [6.07, 6.45) is -1.78. The molecule has 0 unspecified atom stereocenters. The molecule has 0 bridgehead atoms. The summed E-state index contributed by atoms with van der Waals surface area (Å²) in [7, 11) is 0. The Morgan fingerprint density at radius 2 is 2.06 bits per heavy atom. The lowest BCUT2D eigenvalue weighted by molar-refractivity contribution is -0.0944. The molecule has 2 heterocycles. The van der Waals surface area contributed by atoms with Crippen LogP contribution in [0.25, 0.3) is 0 Å². The van der Waals surface area contributed by atoms with E-state index < -0.39 is 11.7 Å². The van der Waals surface area contributed by atoms with Crippen molar-refractivity contribution >= 4 is 11.6 Å². The van der Waals surface area contributed by atoms with E-state index >= 15 is 0 Å². The van der Waals surface area contributed by atoms with Crippen molar-refractivity contribution < 1.29 is 13.2 Å². The molecule has 0 radical (unpaired) electrons. The normalized spacial score (nSPS) is 16.9. The van der Waals surface area contributed by atoms with Crippen LogP contribution < -0.4 is 10.6 Å². The van der Waals surface area contributed by atoms with Gasteiger partial charge in [-0.15, -0.1) is 0 Å². The zero-order chi connectivity index (χ0) is 12.5. The predicted molar refractivity (Wildman–Crippen MR) is 57.4 cm³/mol. The first kappa shape index (κ1) is 11.7. The van der Waals surface area contributed by atoms with Gasteiger partial charge in [0.25, 0.3) is 0 Å². The molecule has 0 saturated carbocycles. The highest BCUT2D eigenvalue weighted by atomic mass is 19.4. The molecule has 17 heavy (non-hydrogen) atoms. The lowest BCUT2D eigenvalue weighted by Gasteiger charge is -2.28. The summed E-state index contributed by atoms with van der Waals surface area (Å²) < 4.78 is 37.2. The van der Waals surface area contributed by atoms with E-state index in [9.17, 15) is 13.2 Å². The summed E-state index contributed by atoms with van der Waals surface area (Å²) >= 11 is 0. The van der Waals surface area contributed by atoms with Gasteiger partial charge in [0.2, 0.25) is 0 Å². The maximum atomic E-state index is 12.4. The van der Waals surface area contributed by atoms with E-state index in [0.717, 1.165) is 0 Å². The Bertz CT molecular complexity index is 441. The fraction of sp³-hybridized carbons (Fsp3) is 0.400. The standard InChI is InChI=1S/C10H11F3N4/c11-10(12,13)7-1-3-17(4-2-7)9-5-8(14)15-6-16-9/h1,5-6H,2-4H2,(H2,14,15,16). The summed E-state index contributed by atoms with van der Waals surface area (Å²) in [4.78, 5) is 9.44. The third kappa shape index (κ3) is 2.66. The Hall–Kier alpha value is -1.79. The number of nitrogens with zero attached hydrogens (tertiary/aromatic N) is 3. The molecule has 0 saturated heterocycles. The van der Waals surface area contributed by atoms with E-state index in [2.05, 4.69) is 9.97 Å². The van der Waals surface area contributed by atoms with Crippen LogP contribution in [0.3, 0.4) is 0 Å². The first-order valence-corrected chi connectivity index (χ1v) is 5.05. The Morgan fingerprint density at radius 1 is 1.29 bits per heavy atom. The van der Waals surface area contributed by atoms with Crippen LogP contribution in [0.2, 0.25) is 0 Å². The summed E-state index contributed by atoms with van der Waals surface area (Å²) in [5.41, 5.74) is 5.01. The number of rotatable bonds is 1. The maximum absolute atomic E-state index is 12.4. The molecule has 7 heteroatoms. The highest BCUT2D eigenvalue weighted by Gasteiger charge is 2.34. The molecule has 1 aliphatic rings. The van der Waals surface area contributed by atoms with E-state index in [1.165, 1.54) is 12.4 Å². The van der Waals surface area contributed by atoms with Crippen molar-refractivity contribution in [2.75, 3.05) is 23.7 Å². The van der Waals surface area contributed by atoms with E-state index in [0.29, 0.717) is 11.6 Å². The van der Waals surface area contributed by atoms with Gasteiger partial charge in [0.15, 0.2) is 0 Å². The fourth-order valence-corrected chi connectivity index (χ4v) is 1.67. The second-order valence-electron chi connectivity index (χ2n) is 3.72. The van der Waals surface area contributed by atoms with Crippen LogP contribution in [0.15, 0.2) is 24.0 Å². The predicted octanol–water partition coefficient (Wildman–Crippen LogP) is 1.76. The van der Waals surface area contributed by atoms with Crippen LogP contribution >= 0.6 is 0 Å². The number of nitrogen functional groups attached to an aromatic ring is 1. The second-order valence-corrected chi connectivity index (χ2v) is 3.72. The van der Waals surface area contributed by atoms with Crippen molar-refractivity contribution in [3.63, 3.8) is 0 Å². The highest BCUT2D eigenvalue weighted by molar-refractivity contribution is 5.47. The topological polar surface area (TPSA) is 55.0 Å². The van der Waals surface area contributed by atoms with Gasteiger partial charge >= 0.3 is 6.18 Å². The summed E-state index contributed by atoms with van der Waals surface area (Å²) in [6, 6.07) is 1.55. The Labute approximate surface area is 96.0 Å². The Balaban J connectivity index is 2.12. The number of halogens is 3. The smallest absolute Gasteiger partial charge is 0.384 e. The van der Waals surface area contributed by atoms with E-state index in [4.69, 9.17) is 5.73 Å². The first-order valence-electron chi connectivity index (χ1n) is 5.05. The number of nitrogens with two attached hydrogens (primary N) is 1. The Kier molecular flexibility index (Phi) is 2.91. The van der Waals surface area contributed by atoms with Crippen LogP contribution in [-0.2, 0) is 0 Å². The molecular formula is C10H11F3N4. The van der Waals surface area contributed by atoms with Crippen LogP contribution in [0, 0.1) is 0 Å². The highest BCUT2D eigenvalue weighted by Crippen LogP contribution is 2.31. The second kappa shape index (κ2) is 4.23. The summed E-state index contributed by atoms with van der Waals surface area (Å²) in [6.45, 7) is 0.465. The summed E-state index contributed by atoms with van der Waals surface area (Å²) in [5.74, 6) is 0.857. The molecule has 0 spiro atoms. The van der Waals surface area contributed by atoms with Gasteiger partial charge in [0, 0.05) is 24.7 Å². The lowest BCUT2D eigenvalue weighted by atomic mass is 10.1. The number of anilines is 2. The van der Waals surface area contributed by atoms with Crippen molar-refractivity contribution in [2.45, 2.75) is 12.6 Å². The minimum Gasteiger partial charge on any atom is -0.384 e. The average molecular weight is 244 g/mol. The van der Waals surface area contributed by atoms with Crippen LogP contribution in [-0.4, -0.2) is 29.2 Å². The third-order valence-corrected chi connectivity index (χ3v) is 2.57. The van der Waals surface area contributed by atoms with Crippen molar-refractivity contribution in [1.29, 1.82) is 0 Å². The van der Waals surface area contributed by atoms with E-state index in [-0.39, 0.29) is 19.5 Å². The van der Waals surface area contributed by atoms with Crippen LogP contribution in [0.5, 0.6) is 0 Å². The fourth-order valence-electron chi connectivity index (χ4n) is 1.67. The van der Waals surface area contributed by atoms with Gasteiger partial charge < -0.3 is 10.6 Å². The molecular weight excluding hydrogens is 233 g/mol. The Morgan fingerprint density at radius 3 is 2.59 bits per heavy atom. The van der Waals surface area contributed by atoms with Gasteiger partial charge in [-0.3, -0.25) is 0 Å². The average Bonchev–Trinajstić information content (AvgIpc) is 2.28. The molecule has 1 aromatic rings. The van der Waals surface area contributed by atoms with Crippen molar-refractivity contribution in [2.24, 2.45) is 0 Å². The van der Waals surface area contributed by atoms with Gasteiger partial charge in [-0.05, 0) is 6.42 Å². The largest absolute Gasteiger partial charge is 0.412 e. The quantitative estimate of drug-likeness (QED) is 0.765. The van der Waals surface area contributed by atoms with Crippen molar-refractivity contribution in [1.82, 2.24) is 9.97 Å². The molecule has 0 amide bonds. The van der Waals surface area contributed by atoms with Gasteiger partial charge in [0.05, 0.1) is 0 Å². The number of aromatic nitrogens is 2. The third-order valence-electron chi connectivity index (χ3n) is 2.57. The molecule has 2 rings (SSSR count). The van der Waals surface area contributed by atoms with E-state index in [1.54, 1.807) is 11.0 Å². The number of alkyl halides is 3.